The van der Waals surface area contributed by atoms with E-state index in [1.54, 1.807) is 0 Å². The zero-order valence-corrected chi connectivity index (χ0v) is 12.6. The van der Waals surface area contributed by atoms with Gasteiger partial charge in [0.05, 0.1) is 0 Å². The molecule has 21 heavy (non-hydrogen) atoms. The van der Waals surface area contributed by atoms with Crippen LogP contribution >= 0.6 is 0 Å². The highest BCUT2D eigenvalue weighted by molar-refractivity contribution is 5.31. The summed E-state index contributed by atoms with van der Waals surface area (Å²) in [6.07, 6.45) is 2.10. The second-order valence-electron chi connectivity index (χ2n) is 5.88. The third kappa shape index (κ3) is 2.99. The van der Waals surface area contributed by atoms with Crippen LogP contribution in [0.25, 0.3) is 0 Å². The fourth-order valence-corrected chi connectivity index (χ4v) is 2.57. The number of aryl methyl sites for hydroxylation is 2. The van der Waals surface area contributed by atoms with Gasteiger partial charge in [0.25, 0.3) is 0 Å². The lowest BCUT2D eigenvalue weighted by molar-refractivity contribution is 0.0400. The Bertz CT molecular complexity index is 630. The van der Waals surface area contributed by atoms with E-state index in [0.29, 0.717) is 31.3 Å². The summed E-state index contributed by atoms with van der Waals surface area (Å²) in [5, 5.41) is 4.08. The average Bonchev–Trinajstić information content (AvgIpc) is 2.93. The van der Waals surface area contributed by atoms with Crippen LogP contribution in [0.1, 0.15) is 41.2 Å². The summed E-state index contributed by atoms with van der Waals surface area (Å²) in [6.45, 7) is 5.50. The fraction of sp³-hybridized carbons (Fsp3) is 0.500. The van der Waals surface area contributed by atoms with Crippen LogP contribution in [0, 0.1) is 13.8 Å². The summed E-state index contributed by atoms with van der Waals surface area (Å²) in [6, 6.07) is 6.39. The normalized spacial score (nSPS) is 17.9. The standard InChI is InChI=1S/C16H21N3O2/c1-11-3-4-13(9-12(11)2)10-14-18-15(21-19-14)16(17)5-7-20-8-6-16/h3-4,9H,5-8,10,17H2,1-2H3. The molecule has 0 unspecified atom stereocenters. The van der Waals surface area contributed by atoms with E-state index in [1.165, 1.54) is 16.7 Å². The Kier molecular flexibility index (Phi) is 3.78. The number of nitrogens with two attached hydrogens (primary N) is 1. The van der Waals surface area contributed by atoms with Gasteiger partial charge in [0.2, 0.25) is 5.89 Å². The smallest absolute Gasteiger partial charge is 0.246 e. The zero-order valence-electron chi connectivity index (χ0n) is 12.6. The van der Waals surface area contributed by atoms with E-state index in [1.807, 2.05) is 0 Å². The maximum Gasteiger partial charge on any atom is 0.246 e. The molecule has 0 radical (unpaired) electrons. The quantitative estimate of drug-likeness (QED) is 0.937. The van der Waals surface area contributed by atoms with E-state index < -0.39 is 5.54 Å². The molecule has 2 N–H and O–H groups in total. The van der Waals surface area contributed by atoms with Crippen LogP contribution in [-0.4, -0.2) is 23.4 Å². The highest BCUT2D eigenvalue weighted by atomic mass is 16.5. The molecule has 112 valence electrons. The van der Waals surface area contributed by atoms with E-state index in [2.05, 4.69) is 42.2 Å². The van der Waals surface area contributed by atoms with Crippen molar-refractivity contribution in [1.82, 2.24) is 10.1 Å². The van der Waals surface area contributed by atoms with Gasteiger partial charge in [-0.15, -0.1) is 0 Å². The summed E-state index contributed by atoms with van der Waals surface area (Å²) in [5.41, 5.74) is 9.57. The molecule has 1 aliphatic heterocycles. The van der Waals surface area contributed by atoms with Crippen LogP contribution in [0.4, 0.5) is 0 Å². The van der Waals surface area contributed by atoms with Gasteiger partial charge in [-0.2, -0.15) is 4.98 Å². The summed E-state index contributed by atoms with van der Waals surface area (Å²) in [5.74, 6) is 1.22. The van der Waals surface area contributed by atoms with Crippen molar-refractivity contribution in [3.05, 3.63) is 46.6 Å². The molecule has 1 saturated heterocycles. The van der Waals surface area contributed by atoms with Gasteiger partial charge in [-0.25, -0.2) is 0 Å². The number of hydrogen-bond acceptors (Lipinski definition) is 5. The van der Waals surface area contributed by atoms with Crippen molar-refractivity contribution < 1.29 is 9.26 Å². The minimum atomic E-state index is -0.535. The van der Waals surface area contributed by atoms with Crippen LogP contribution in [0.15, 0.2) is 22.7 Å². The van der Waals surface area contributed by atoms with Gasteiger partial charge >= 0.3 is 0 Å². The van der Waals surface area contributed by atoms with Gasteiger partial charge in [-0.05, 0) is 43.4 Å². The second-order valence-corrected chi connectivity index (χ2v) is 5.88. The topological polar surface area (TPSA) is 74.2 Å². The van der Waals surface area contributed by atoms with Crippen molar-refractivity contribution in [1.29, 1.82) is 0 Å². The van der Waals surface area contributed by atoms with Gasteiger partial charge in [-0.1, -0.05) is 23.4 Å². The van der Waals surface area contributed by atoms with Crippen molar-refractivity contribution >= 4 is 0 Å². The third-order valence-corrected chi connectivity index (χ3v) is 4.21. The minimum Gasteiger partial charge on any atom is -0.381 e. The molecule has 3 rings (SSSR count). The van der Waals surface area contributed by atoms with Gasteiger partial charge in [0.15, 0.2) is 5.82 Å². The lowest BCUT2D eigenvalue weighted by atomic mass is 9.91. The number of rotatable bonds is 3. The molecule has 5 heteroatoms. The Morgan fingerprint density at radius 1 is 1.19 bits per heavy atom. The molecule has 1 aliphatic rings. The first-order valence-electron chi connectivity index (χ1n) is 7.33. The van der Waals surface area contributed by atoms with Gasteiger partial charge < -0.3 is 15.0 Å². The van der Waals surface area contributed by atoms with Crippen molar-refractivity contribution in [2.45, 2.75) is 38.6 Å². The molecule has 2 heterocycles. The second kappa shape index (κ2) is 5.58. The lowest BCUT2D eigenvalue weighted by Crippen LogP contribution is -2.42. The largest absolute Gasteiger partial charge is 0.381 e. The Hall–Kier alpha value is -1.72. The fourth-order valence-electron chi connectivity index (χ4n) is 2.57. The monoisotopic (exact) mass is 287 g/mol. The van der Waals surface area contributed by atoms with Gasteiger partial charge in [0, 0.05) is 19.6 Å². The molecular weight excluding hydrogens is 266 g/mol. The number of aromatic nitrogens is 2. The van der Waals surface area contributed by atoms with Crippen LogP contribution in [0.5, 0.6) is 0 Å². The van der Waals surface area contributed by atoms with E-state index in [-0.39, 0.29) is 0 Å². The van der Waals surface area contributed by atoms with Gasteiger partial charge in [0.1, 0.15) is 5.54 Å². The third-order valence-electron chi connectivity index (χ3n) is 4.21. The van der Waals surface area contributed by atoms with E-state index in [0.717, 1.165) is 12.8 Å². The maximum atomic E-state index is 6.35. The van der Waals surface area contributed by atoms with E-state index >= 15 is 0 Å². The molecule has 1 aromatic carbocycles. The number of benzene rings is 1. The predicted octanol–water partition coefficient (Wildman–Crippen LogP) is 2.24. The molecule has 2 aromatic rings. The van der Waals surface area contributed by atoms with Crippen molar-refractivity contribution in [2.24, 2.45) is 5.73 Å². The summed E-state index contributed by atoms with van der Waals surface area (Å²) in [7, 11) is 0. The van der Waals surface area contributed by atoms with E-state index in [4.69, 9.17) is 15.0 Å². The summed E-state index contributed by atoms with van der Waals surface area (Å²) >= 11 is 0. The first-order valence-corrected chi connectivity index (χ1v) is 7.33. The molecule has 0 saturated carbocycles. The molecule has 0 amide bonds. The highest BCUT2D eigenvalue weighted by Crippen LogP contribution is 2.28. The van der Waals surface area contributed by atoms with E-state index in [9.17, 15) is 0 Å². The maximum absolute atomic E-state index is 6.35. The molecule has 1 fully saturated rings. The first kappa shape index (κ1) is 14.2. The molecule has 0 atom stereocenters. The van der Waals surface area contributed by atoms with Crippen LogP contribution in [0.3, 0.4) is 0 Å². The van der Waals surface area contributed by atoms with Crippen molar-refractivity contribution in [3.8, 4) is 0 Å². The summed E-state index contributed by atoms with van der Waals surface area (Å²) in [4.78, 5) is 4.49. The Morgan fingerprint density at radius 3 is 2.67 bits per heavy atom. The van der Waals surface area contributed by atoms with Gasteiger partial charge in [-0.3, -0.25) is 0 Å². The number of hydrogen-bond donors (Lipinski definition) is 1. The summed E-state index contributed by atoms with van der Waals surface area (Å²) < 4.78 is 10.7. The van der Waals surface area contributed by atoms with Crippen LogP contribution in [-0.2, 0) is 16.7 Å². The van der Waals surface area contributed by atoms with Crippen LogP contribution < -0.4 is 5.73 Å². The Morgan fingerprint density at radius 2 is 1.95 bits per heavy atom. The van der Waals surface area contributed by atoms with Crippen molar-refractivity contribution in [3.63, 3.8) is 0 Å². The SMILES string of the molecule is Cc1ccc(Cc2noc(C3(N)CCOCC3)n2)cc1C. The Labute approximate surface area is 124 Å². The van der Waals surface area contributed by atoms with Crippen molar-refractivity contribution in [2.75, 3.05) is 13.2 Å². The molecule has 0 spiro atoms. The minimum absolute atomic E-state index is 0.532. The lowest BCUT2D eigenvalue weighted by Gasteiger charge is -2.29. The number of nitrogens with zero attached hydrogens (tertiary/aromatic N) is 2. The first-order chi connectivity index (χ1) is 10.1. The predicted molar refractivity (Wildman–Crippen MR) is 78.9 cm³/mol. The number of ether oxygens (including phenoxy) is 1. The van der Waals surface area contributed by atoms with Crippen LogP contribution in [0.2, 0.25) is 0 Å². The molecule has 0 bridgehead atoms. The molecule has 0 aliphatic carbocycles. The Balaban J connectivity index is 1.77. The average molecular weight is 287 g/mol. The molecule has 5 nitrogen and oxygen atoms in total. The zero-order chi connectivity index (χ0) is 14.9. The molecule has 1 aromatic heterocycles. The molecular formula is C16H21N3O2. The highest BCUT2D eigenvalue weighted by Gasteiger charge is 2.35.